The predicted octanol–water partition coefficient (Wildman–Crippen LogP) is 3.20. The molecule has 67 valence electrons. The molecule has 1 atom stereocenters. The topological polar surface area (TPSA) is 9.23 Å². The molecule has 0 fully saturated rings. The van der Waals surface area contributed by atoms with E-state index in [-0.39, 0.29) is 6.10 Å². The van der Waals surface area contributed by atoms with Crippen molar-refractivity contribution < 1.29 is 4.74 Å². The Morgan fingerprint density at radius 3 is 2.36 bits per heavy atom. The number of hydrogen-bond acceptors (Lipinski definition) is 1. The van der Waals surface area contributed by atoms with E-state index in [2.05, 4.69) is 13.8 Å². The van der Waals surface area contributed by atoms with Gasteiger partial charge in [0.25, 0.3) is 0 Å². The van der Waals surface area contributed by atoms with Gasteiger partial charge in [-0.1, -0.05) is 32.6 Å². The van der Waals surface area contributed by atoms with Crippen LogP contribution in [0.4, 0.5) is 0 Å². The van der Waals surface area contributed by atoms with Crippen molar-refractivity contribution in [3.63, 3.8) is 0 Å². The maximum atomic E-state index is 5.31. The van der Waals surface area contributed by atoms with Crippen LogP contribution in [0.25, 0.3) is 0 Å². The zero-order chi connectivity index (χ0) is 8.53. The first-order chi connectivity index (χ1) is 5.27. The van der Waals surface area contributed by atoms with Crippen LogP contribution in [0.5, 0.6) is 0 Å². The molecule has 0 rings (SSSR count). The lowest BCUT2D eigenvalue weighted by Gasteiger charge is -2.06. The molecule has 0 aliphatic heterocycles. The molecule has 0 heterocycles. The van der Waals surface area contributed by atoms with Gasteiger partial charge in [0, 0.05) is 6.61 Å². The van der Waals surface area contributed by atoms with Crippen LogP contribution in [0.2, 0.25) is 0 Å². The van der Waals surface area contributed by atoms with Crippen molar-refractivity contribution in [1.82, 2.24) is 0 Å². The Morgan fingerprint density at radius 1 is 1.18 bits per heavy atom. The molecule has 0 N–H and O–H groups in total. The summed E-state index contributed by atoms with van der Waals surface area (Å²) in [6.45, 7) is 8.84. The SMILES string of the molecule is [CH2]C(C)OCCCCCCC. The van der Waals surface area contributed by atoms with Crippen LogP contribution in [0.3, 0.4) is 0 Å². The zero-order valence-electron chi connectivity index (χ0n) is 7.94. The summed E-state index contributed by atoms with van der Waals surface area (Å²) >= 11 is 0. The summed E-state index contributed by atoms with van der Waals surface area (Å²) < 4.78 is 5.31. The molecule has 1 radical (unpaired) electrons. The highest BCUT2D eigenvalue weighted by atomic mass is 16.5. The van der Waals surface area contributed by atoms with Gasteiger partial charge < -0.3 is 4.74 Å². The van der Waals surface area contributed by atoms with E-state index in [1.54, 1.807) is 0 Å². The van der Waals surface area contributed by atoms with Gasteiger partial charge in [-0.3, -0.25) is 0 Å². The maximum Gasteiger partial charge on any atom is 0.0547 e. The largest absolute Gasteiger partial charge is 0.379 e. The number of hydrogen-bond donors (Lipinski definition) is 0. The predicted molar refractivity (Wildman–Crippen MR) is 49.5 cm³/mol. The molecule has 0 aliphatic rings. The van der Waals surface area contributed by atoms with Gasteiger partial charge in [-0.05, 0) is 20.3 Å². The summed E-state index contributed by atoms with van der Waals surface area (Å²) in [6.07, 6.45) is 6.68. The van der Waals surface area contributed by atoms with Gasteiger partial charge >= 0.3 is 0 Å². The van der Waals surface area contributed by atoms with E-state index in [9.17, 15) is 0 Å². The second-order valence-corrected chi connectivity index (χ2v) is 3.10. The lowest BCUT2D eigenvalue weighted by atomic mass is 10.2. The van der Waals surface area contributed by atoms with Gasteiger partial charge in [0.15, 0.2) is 0 Å². The highest BCUT2D eigenvalue weighted by Crippen LogP contribution is 2.02. The quantitative estimate of drug-likeness (QED) is 0.516. The summed E-state index contributed by atoms with van der Waals surface area (Å²) in [5.41, 5.74) is 0. The Morgan fingerprint density at radius 2 is 1.82 bits per heavy atom. The van der Waals surface area contributed by atoms with Crippen molar-refractivity contribution in [2.75, 3.05) is 6.61 Å². The average molecular weight is 157 g/mol. The first-order valence-electron chi connectivity index (χ1n) is 4.72. The molecule has 0 aromatic carbocycles. The third-order valence-electron chi connectivity index (χ3n) is 1.65. The van der Waals surface area contributed by atoms with Crippen molar-refractivity contribution in [1.29, 1.82) is 0 Å². The van der Waals surface area contributed by atoms with Gasteiger partial charge in [-0.15, -0.1) is 0 Å². The van der Waals surface area contributed by atoms with Crippen LogP contribution < -0.4 is 0 Å². The van der Waals surface area contributed by atoms with E-state index < -0.39 is 0 Å². The number of unbranched alkanes of at least 4 members (excludes halogenated alkanes) is 4. The van der Waals surface area contributed by atoms with Crippen molar-refractivity contribution in [2.45, 2.75) is 52.1 Å². The van der Waals surface area contributed by atoms with Crippen LogP contribution >= 0.6 is 0 Å². The molecule has 0 spiro atoms. The first-order valence-corrected chi connectivity index (χ1v) is 4.72. The van der Waals surface area contributed by atoms with Crippen LogP contribution in [-0.4, -0.2) is 12.7 Å². The maximum absolute atomic E-state index is 5.31. The van der Waals surface area contributed by atoms with Crippen molar-refractivity contribution in [3.05, 3.63) is 6.92 Å². The summed E-state index contributed by atoms with van der Waals surface area (Å²) in [6, 6.07) is 0. The molecule has 1 unspecified atom stereocenters. The minimum Gasteiger partial charge on any atom is -0.379 e. The smallest absolute Gasteiger partial charge is 0.0547 e. The monoisotopic (exact) mass is 157 g/mol. The standard InChI is InChI=1S/C10H21O/c1-4-5-6-7-8-9-11-10(2)3/h10H,2,4-9H2,1,3H3. The van der Waals surface area contributed by atoms with E-state index in [0.29, 0.717) is 0 Å². The Labute approximate surface area is 71.1 Å². The van der Waals surface area contributed by atoms with Gasteiger partial charge in [-0.2, -0.15) is 0 Å². The highest BCUT2D eigenvalue weighted by molar-refractivity contribution is 4.49. The van der Waals surface area contributed by atoms with E-state index in [1.807, 2.05) is 6.92 Å². The second-order valence-electron chi connectivity index (χ2n) is 3.10. The molecule has 0 aromatic rings. The Kier molecular flexibility index (Phi) is 8.03. The molecular formula is C10H21O. The molecular weight excluding hydrogens is 136 g/mol. The Hall–Kier alpha value is -0.0400. The normalized spacial score (nSPS) is 10.9. The van der Waals surface area contributed by atoms with Gasteiger partial charge in [0.05, 0.1) is 6.10 Å². The second kappa shape index (κ2) is 8.06. The lowest BCUT2D eigenvalue weighted by molar-refractivity contribution is 0.0921. The number of ether oxygens (including phenoxy) is 1. The van der Waals surface area contributed by atoms with Crippen molar-refractivity contribution in [2.24, 2.45) is 0 Å². The molecule has 0 saturated heterocycles. The minimum atomic E-state index is 0.154. The fourth-order valence-electron chi connectivity index (χ4n) is 0.990. The fraction of sp³-hybridized carbons (Fsp3) is 0.900. The van der Waals surface area contributed by atoms with Crippen LogP contribution in [0, 0.1) is 6.92 Å². The lowest BCUT2D eigenvalue weighted by Crippen LogP contribution is -2.03. The van der Waals surface area contributed by atoms with E-state index >= 15 is 0 Å². The van der Waals surface area contributed by atoms with Gasteiger partial charge in [0.1, 0.15) is 0 Å². The third-order valence-corrected chi connectivity index (χ3v) is 1.65. The van der Waals surface area contributed by atoms with Crippen LogP contribution in [0.15, 0.2) is 0 Å². The summed E-state index contributed by atoms with van der Waals surface area (Å²) in [5, 5.41) is 0. The fourth-order valence-corrected chi connectivity index (χ4v) is 0.990. The Bertz CT molecular complexity index is 69.3. The van der Waals surface area contributed by atoms with Gasteiger partial charge in [-0.25, -0.2) is 0 Å². The average Bonchev–Trinajstić information content (AvgIpc) is 1.96. The Balaban J connectivity index is 2.80. The summed E-state index contributed by atoms with van der Waals surface area (Å²) in [7, 11) is 0. The van der Waals surface area contributed by atoms with E-state index in [1.165, 1.54) is 32.1 Å². The van der Waals surface area contributed by atoms with E-state index in [0.717, 1.165) is 6.61 Å². The van der Waals surface area contributed by atoms with Crippen LogP contribution in [-0.2, 0) is 4.74 Å². The van der Waals surface area contributed by atoms with Crippen molar-refractivity contribution >= 4 is 0 Å². The molecule has 11 heavy (non-hydrogen) atoms. The minimum absolute atomic E-state index is 0.154. The van der Waals surface area contributed by atoms with Crippen molar-refractivity contribution in [3.8, 4) is 0 Å². The molecule has 0 saturated carbocycles. The van der Waals surface area contributed by atoms with Gasteiger partial charge in [0.2, 0.25) is 0 Å². The summed E-state index contributed by atoms with van der Waals surface area (Å²) in [5.74, 6) is 0. The zero-order valence-corrected chi connectivity index (χ0v) is 7.94. The highest BCUT2D eigenvalue weighted by Gasteiger charge is 1.92. The molecule has 0 bridgehead atoms. The summed E-state index contributed by atoms with van der Waals surface area (Å²) in [4.78, 5) is 0. The molecule has 0 aliphatic carbocycles. The molecule has 0 aromatic heterocycles. The molecule has 1 nitrogen and oxygen atoms in total. The van der Waals surface area contributed by atoms with Crippen LogP contribution in [0.1, 0.15) is 46.0 Å². The molecule has 0 amide bonds. The molecule has 1 heteroatoms. The van der Waals surface area contributed by atoms with E-state index in [4.69, 9.17) is 4.74 Å². The first kappa shape index (κ1) is 11.0. The number of rotatable bonds is 7. The third kappa shape index (κ3) is 9.96.